The molecule has 1 aliphatic heterocycles. The lowest BCUT2D eigenvalue weighted by Gasteiger charge is -2.16. The van der Waals surface area contributed by atoms with Gasteiger partial charge in [-0.2, -0.15) is 0 Å². The molecular formula is C13H17NO4S. The minimum atomic E-state index is -3.07. The highest BCUT2D eigenvalue weighted by molar-refractivity contribution is 7.91. The molecule has 0 aliphatic carbocycles. The van der Waals surface area contributed by atoms with Crippen molar-refractivity contribution >= 4 is 15.7 Å². The zero-order chi connectivity index (χ0) is 13.9. The molecule has 0 saturated carbocycles. The van der Waals surface area contributed by atoms with Crippen LogP contribution in [0.25, 0.3) is 0 Å². The summed E-state index contributed by atoms with van der Waals surface area (Å²) in [6.45, 7) is 0.699. The maximum atomic E-state index is 11.9. The summed E-state index contributed by atoms with van der Waals surface area (Å²) in [6.07, 6.45) is 1.72. The number of amides is 1. The van der Waals surface area contributed by atoms with Crippen LogP contribution in [0.3, 0.4) is 0 Å². The first-order valence-electron chi connectivity index (χ1n) is 6.11. The first kappa shape index (κ1) is 13.9. The molecule has 1 atom stereocenters. The maximum absolute atomic E-state index is 11.9. The molecule has 0 aromatic heterocycles. The van der Waals surface area contributed by atoms with Gasteiger partial charge in [-0.3, -0.25) is 4.79 Å². The molecule has 1 saturated heterocycles. The van der Waals surface area contributed by atoms with E-state index in [1.165, 1.54) is 6.26 Å². The molecular weight excluding hydrogens is 266 g/mol. The lowest BCUT2D eigenvalue weighted by Crippen LogP contribution is -2.34. The Balaban J connectivity index is 1.85. The van der Waals surface area contributed by atoms with Gasteiger partial charge in [0.25, 0.3) is 5.91 Å². The molecule has 1 aromatic carbocycles. The van der Waals surface area contributed by atoms with Gasteiger partial charge in [0.05, 0.1) is 5.25 Å². The summed E-state index contributed by atoms with van der Waals surface area (Å²) in [5.41, 5.74) is 0. The van der Waals surface area contributed by atoms with Gasteiger partial charge in [-0.25, -0.2) is 8.42 Å². The average Bonchev–Trinajstić information content (AvgIpc) is 2.87. The van der Waals surface area contributed by atoms with Crippen molar-refractivity contribution in [3.8, 4) is 5.75 Å². The molecule has 5 nitrogen and oxygen atoms in total. The SMILES string of the molecule is CS(=O)(=O)[C@H]1CCN(C(=O)COc2ccccc2)C1. The van der Waals surface area contributed by atoms with E-state index < -0.39 is 15.1 Å². The predicted molar refractivity (Wildman–Crippen MR) is 71.8 cm³/mol. The second kappa shape index (κ2) is 5.61. The van der Waals surface area contributed by atoms with Gasteiger partial charge in [0.2, 0.25) is 0 Å². The Kier molecular flexibility index (Phi) is 4.09. The lowest BCUT2D eigenvalue weighted by molar-refractivity contribution is -0.132. The minimum Gasteiger partial charge on any atom is -0.484 e. The number of likely N-dealkylation sites (tertiary alicyclic amines) is 1. The number of ether oxygens (including phenoxy) is 1. The van der Waals surface area contributed by atoms with Crippen LogP contribution in [0.2, 0.25) is 0 Å². The highest BCUT2D eigenvalue weighted by Crippen LogP contribution is 2.16. The fraction of sp³-hybridized carbons (Fsp3) is 0.462. The minimum absolute atomic E-state index is 0.0551. The zero-order valence-electron chi connectivity index (χ0n) is 10.8. The van der Waals surface area contributed by atoms with Crippen molar-refractivity contribution in [1.29, 1.82) is 0 Å². The van der Waals surface area contributed by atoms with Crippen molar-refractivity contribution in [2.75, 3.05) is 26.0 Å². The van der Waals surface area contributed by atoms with Crippen molar-refractivity contribution in [2.45, 2.75) is 11.7 Å². The molecule has 6 heteroatoms. The van der Waals surface area contributed by atoms with Crippen molar-refractivity contribution in [3.05, 3.63) is 30.3 Å². The standard InChI is InChI=1S/C13H17NO4S/c1-19(16,17)12-7-8-14(9-12)13(15)10-18-11-5-3-2-4-6-11/h2-6,12H,7-10H2,1H3/t12-/m0/s1. The van der Waals surface area contributed by atoms with E-state index in [9.17, 15) is 13.2 Å². The third-order valence-electron chi connectivity index (χ3n) is 3.21. The average molecular weight is 283 g/mol. The van der Waals surface area contributed by atoms with Crippen molar-refractivity contribution < 1.29 is 17.9 Å². The normalized spacial score (nSPS) is 19.4. The summed E-state index contributed by atoms with van der Waals surface area (Å²) in [5.74, 6) is 0.463. The number of carbonyl (C=O) groups excluding carboxylic acids is 1. The van der Waals surface area contributed by atoms with E-state index >= 15 is 0 Å². The molecule has 104 valence electrons. The van der Waals surface area contributed by atoms with Crippen LogP contribution >= 0.6 is 0 Å². The monoisotopic (exact) mass is 283 g/mol. The smallest absolute Gasteiger partial charge is 0.260 e. The van der Waals surface area contributed by atoms with Gasteiger partial charge in [-0.15, -0.1) is 0 Å². The van der Waals surface area contributed by atoms with Crippen LogP contribution in [0.4, 0.5) is 0 Å². The molecule has 1 aromatic rings. The maximum Gasteiger partial charge on any atom is 0.260 e. The number of hydrogen-bond donors (Lipinski definition) is 0. The summed E-state index contributed by atoms with van der Waals surface area (Å²) in [4.78, 5) is 13.4. The Labute approximate surface area is 113 Å². The quantitative estimate of drug-likeness (QED) is 0.816. The van der Waals surface area contributed by atoms with Crippen LogP contribution in [-0.2, 0) is 14.6 Å². The summed E-state index contributed by atoms with van der Waals surface area (Å²) in [7, 11) is -3.07. The first-order valence-corrected chi connectivity index (χ1v) is 8.07. The van der Waals surface area contributed by atoms with Crippen molar-refractivity contribution in [2.24, 2.45) is 0 Å². The summed E-state index contributed by atoms with van der Waals surface area (Å²) >= 11 is 0. The Morgan fingerprint density at radius 1 is 1.37 bits per heavy atom. The third-order valence-corrected chi connectivity index (χ3v) is 4.80. The topological polar surface area (TPSA) is 63.7 Å². The molecule has 1 heterocycles. The third kappa shape index (κ3) is 3.70. The van der Waals surface area contributed by atoms with E-state index in [4.69, 9.17) is 4.74 Å². The summed E-state index contributed by atoms with van der Waals surface area (Å²) in [5, 5.41) is -0.437. The molecule has 1 aliphatic rings. The van der Waals surface area contributed by atoms with Crippen molar-refractivity contribution in [3.63, 3.8) is 0 Å². The van der Waals surface area contributed by atoms with Gasteiger partial charge in [-0.1, -0.05) is 18.2 Å². The van der Waals surface area contributed by atoms with Gasteiger partial charge in [0.15, 0.2) is 16.4 Å². The molecule has 0 spiro atoms. The van der Waals surface area contributed by atoms with E-state index in [1.807, 2.05) is 18.2 Å². The fourth-order valence-corrected chi connectivity index (χ4v) is 3.04. The molecule has 0 bridgehead atoms. The highest BCUT2D eigenvalue weighted by Gasteiger charge is 2.32. The van der Waals surface area contributed by atoms with Crippen LogP contribution in [-0.4, -0.2) is 50.4 Å². The molecule has 0 N–H and O–H groups in total. The Hall–Kier alpha value is -1.56. The Morgan fingerprint density at radius 3 is 2.63 bits per heavy atom. The van der Waals surface area contributed by atoms with Crippen LogP contribution in [0, 0.1) is 0 Å². The first-order chi connectivity index (χ1) is 8.97. The number of hydrogen-bond acceptors (Lipinski definition) is 4. The van der Waals surface area contributed by atoms with E-state index in [-0.39, 0.29) is 19.1 Å². The highest BCUT2D eigenvalue weighted by atomic mass is 32.2. The number of sulfone groups is 1. The van der Waals surface area contributed by atoms with E-state index in [0.717, 1.165) is 0 Å². The second-order valence-corrected chi connectivity index (χ2v) is 7.01. The van der Waals surface area contributed by atoms with Crippen LogP contribution in [0.1, 0.15) is 6.42 Å². The van der Waals surface area contributed by atoms with Gasteiger partial charge in [-0.05, 0) is 18.6 Å². The van der Waals surface area contributed by atoms with Crippen LogP contribution in [0.5, 0.6) is 5.75 Å². The van der Waals surface area contributed by atoms with E-state index in [1.54, 1.807) is 17.0 Å². The van der Waals surface area contributed by atoms with E-state index in [2.05, 4.69) is 0 Å². The number of benzene rings is 1. The number of nitrogens with zero attached hydrogens (tertiary/aromatic N) is 1. The zero-order valence-corrected chi connectivity index (χ0v) is 11.6. The number of rotatable bonds is 4. The Morgan fingerprint density at radius 2 is 2.05 bits per heavy atom. The molecule has 1 amide bonds. The Bertz CT molecular complexity index is 541. The predicted octanol–water partition coefficient (Wildman–Crippen LogP) is 0.711. The molecule has 0 unspecified atom stereocenters. The van der Waals surface area contributed by atoms with Crippen LogP contribution in [0.15, 0.2) is 30.3 Å². The van der Waals surface area contributed by atoms with Crippen molar-refractivity contribution in [1.82, 2.24) is 4.90 Å². The fourth-order valence-electron chi connectivity index (χ4n) is 2.06. The second-order valence-electron chi connectivity index (χ2n) is 4.68. The van der Waals surface area contributed by atoms with Gasteiger partial charge in [0, 0.05) is 19.3 Å². The van der Waals surface area contributed by atoms with Gasteiger partial charge < -0.3 is 9.64 Å². The molecule has 0 radical (unpaired) electrons. The number of carbonyl (C=O) groups is 1. The van der Waals surface area contributed by atoms with E-state index in [0.29, 0.717) is 18.7 Å². The molecule has 2 rings (SSSR count). The molecule has 19 heavy (non-hydrogen) atoms. The van der Waals surface area contributed by atoms with Gasteiger partial charge in [0.1, 0.15) is 5.75 Å². The molecule has 1 fully saturated rings. The van der Waals surface area contributed by atoms with Gasteiger partial charge >= 0.3 is 0 Å². The summed E-state index contributed by atoms with van der Waals surface area (Å²) < 4.78 is 28.2. The lowest BCUT2D eigenvalue weighted by atomic mass is 10.3. The summed E-state index contributed by atoms with van der Waals surface area (Å²) in [6, 6.07) is 9.07. The number of para-hydroxylation sites is 1. The largest absolute Gasteiger partial charge is 0.484 e. The van der Waals surface area contributed by atoms with Crippen LogP contribution < -0.4 is 4.74 Å².